The van der Waals surface area contributed by atoms with E-state index in [0.717, 1.165) is 0 Å². The van der Waals surface area contributed by atoms with Crippen molar-refractivity contribution in [2.75, 3.05) is 33.4 Å². The van der Waals surface area contributed by atoms with Gasteiger partial charge in [-0.05, 0) is 47.4 Å². The highest BCUT2D eigenvalue weighted by Gasteiger charge is 2.51. The molecule has 0 atom stereocenters. The Hall–Kier alpha value is -2.42. The minimum absolute atomic E-state index is 0.0255. The summed E-state index contributed by atoms with van der Waals surface area (Å²) >= 11 is 0. The number of carbonyl (C=O) groups excluding carboxylic acids is 1. The second kappa shape index (κ2) is 8.74. The molecule has 2 heterocycles. The summed E-state index contributed by atoms with van der Waals surface area (Å²) in [7, 11) is -2.19. The molecule has 2 aromatic rings. The van der Waals surface area contributed by atoms with Crippen molar-refractivity contribution in [2.24, 2.45) is 0 Å². The van der Waals surface area contributed by atoms with E-state index >= 15 is 0 Å². The molecule has 0 N–H and O–H groups in total. The Morgan fingerprint density at radius 2 is 1.58 bits per heavy atom. The zero-order chi connectivity index (χ0) is 23.9. The first-order chi connectivity index (χ1) is 15.6. The number of piperidine rings is 1. The number of rotatable bonds is 4. The number of nitrogens with zero attached hydrogens (tertiary/aromatic N) is 2. The van der Waals surface area contributed by atoms with Crippen LogP contribution < -0.4 is 4.74 Å². The van der Waals surface area contributed by atoms with Gasteiger partial charge in [-0.15, -0.1) is 0 Å². The third kappa shape index (κ3) is 4.52. The number of likely N-dealkylation sites (tertiary alicyclic amines) is 1. The molecule has 0 saturated carbocycles. The molecule has 2 aliphatic heterocycles. The van der Waals surface area contributed by atoms with E-state index in [-0.39, 0.29) is 16.2 Å². The smallest absolute Gasteiger partial charge is 0.253 e. The Morgan fingerprint density at radius 3 is 2.12 bits per heavy atom. The number of amides is 1. The molecule has 2 aromatic carbocycles. The van der Waals surface area contributed by atoms with Crippen molar-refractivity contribution in [1.82, 2.24) is 9.21 Å². The van der Waals surface area contributed by atoms with E-state index in [1.54, 1.807) is 36.3 Å². The van der Waals surface area contributed by atoms with Crippen molar-refractivity contribution < 1.29 is 22.7 Å². The largest absolute Gasteiger partial charge is 0.497 e. The maximum atomic E-state index is 13.4. The molecule has 33 heavy (non-hydrogen) atoms. The summed E-state index contributed by atoms with van der Waals surface area (Å²) in [4.78, 5) is 15.1. The van der Waals surface area contributed by atoms with Gasteiger partial charge in [0.15, 0.2) is 0 Å². The molecule has 8 heteroatoms. The molecule has 2 aliphatic rings. The summed E-state index contributed by atoms with van der Waals surface area (Å²) in [5.41, 5.74) is 0.938. The van der Waals surface area contributed by atoms with E-state index in [1.165, 1.54) is 9.87 Å². The van der Waals surface area contributed by atoms with E-state index in [4.69, 9.17) is 9.47 Å². The van der Waals surface area contributed by atoms with Crippen LogP contribution in [0.15, 0.2) is 53.4 Å². The first-order valence-electron chi connectivity index (χ1n) is 11.3. The molecule has 0 aliphatic carbocycles. The molecule has 4 rings (SSSR count). The Kier molecular flexibility index (Phi) is 6.28. The van der Waals surface area contributed by atoms with Crippen molar-refractivity contribution in [3.8, 4) is 5.75 Å². The van der Waals surface area contributed by atoms with Crippen LogP contribution in [0, 0.1) is 0 Å². The van der Waals surface area contributed by atoms with Gasteiger partial charge >= 0.3 is 0 Å². The summed E-state index contributed by atoms with van der Waals surface area (Å²) in [5.74, 6) is 0.566. The number of hydrogen-bond donors (Lipinski definition) is 0. The van der Waals surface area contributed by atoms with Crippen LogP contribution in [0.2, 0.25) is 0 Å². The van der Waals surface area contributed by atoms with Crippen molar-refractivity contribution in [3.05, 3.63) is 59.7 Å². The topological polar surface area (TPSA) is 76.2 Å². The van der Waals surface area contributed by atoms with E-state index in [9.17, 15) is 13.2 Å². The van der Waals surface area contributed by atoms with Gasteiger partial charge in [0.05, 0.1) is 18.6 Å². The average Bonchev–Trinajstić information content (AvgIpc) is 3.22. The highest BCUT2D eigenvalue weighted by atomic mass is 32.2. The summed E-state index contributed by atoms with van der Waals surface area (Å²) in [5, 5.41) is 0. The standard InChI is InChI=1S/C25H32N2O5S/c1-24(2,3)20-7-5-19(6-8-20)23(28)26-15-13-25(14-16-26)27(17-18-32-25)33(29,30)22-11-9-21(31-4)10-12-22/h5-12H,13-18H2,1-4H3. The van der Waals surface area contributed by atoms with Crippen LogP contribution in [0.3, 0.4) is 0 Å². The highest BCUT2D eigenvalue weighted by Crippen LogP contribution is 2.38. The lowest BCUT2D eigenvalue weighted by Crippen LogP contribution is -2.55. The molecule has 0 bridgehead atoms. The number of ether oxygens (including phenoxy) is 2. The predicted octanol–water partition coefficient (Wildman–Crippen LogP) is 3.65. The van der Waals surface area contributed by atoms with Crippen LogP contribution in [0.1, 0.15) is 49.5 Å². The zero-order valence-corrected chi connectivity index (χ0v) is 20.5. The molecule has 2 saturated heterocycles. The van der Waals surface area contributed by atoms with Gasteiger partial charge in [-0.1, -0.05) is 32.9 Å². The number of hydrogen-bond acceptors (Lipinski definition) is 5. The van der Waals surface area contributed by atoms with Crippen molar-refractivity contribution in [2.45, 2.75) is 49.6 Å². The summed E-state index contributed by atoms with van der Waals surface area (Å²) in [6.07, 6.45) is 0.877. The van der Waals surface area contributed by atoms with Crippen LogP contribution >= 0.6 is 0 Å². The molecular formula is C25H32N2O5S. The van der Waals surface area contributed by atoms with Gasteiger partial charge in [0, 0.05) is 38.0 Å². The molecule has 1 spiro atoms. The lowest BCUT2D eigenvalue weighted by Gasteiger charge is -2.42. The maximum absolute atomic E-state index is 13.4. The first-order valence-corrected chi connectivity index (χ1v) is 12.7. The fourth-order valence-electron chi connectivity index (χ4n) is 4.56. The van der Waals surface area contributed by atoms with Gasteiger partial charge in [-0.25, -0.2) is 8.42 Å². The second-order valence-electron chi connectivity index (χ2n) is 9.67. The fourth-order valence-corrected chi connectivity index (χ4v) is 6.28. The van der Waals surface area contributed by atoms with Crippen LogP contribution in [0.5, 0.6) is 5.75 Å². The number of sulfonamides is 1. The summed E-state index contributed by atoms with van der Waals surface area (Å²) < 4.78 is 39.4. The lowest BCUT2D eigenvalue weighted by molar-refractivity contribution is -0.0857. The van der Waals surface area contributed by atoms with Crippen LogP contribution in [0.4, 0.5) is 0 Å². The first kappa shape index (κ1) is 23.7. The predicted molar refractivity (Wildman–Crippen MR) is 126 cm³/mol. The number of benzene rings is 2. The Morgan fingerprint density at radius 1 is 0.970 bits per heavy atom. The quantitative estimate of drug-likeness (QED) is 0.679. The number of methoxy groups -OCH3 is 1. The normalized spacial score (nSPS) is 19.1. The van der Waals surface area contributed by atoms with Crippen LogP contribution in [-0.2, 0) is 20.2 Å². The molecule has 7 nitrogen and oxygen atoms in total. The van der Waals surface area contributed by atoms with E-state index in [1.807, 2.05) is 24.3 Å². The van der Waals surface area contributed by atoms with Crippen molar-refractivity contribution >= 4 is 15.9 Å². The van der Waals surface area contributed by atoms with E-state index in [0.29, 0.717) is 50.4 Å². The van der Waals surface area contributed by atoms with Crippen molar-refractivity contribution in [1.29, 1.82) is 0 Å². The minimum Gasteiger partial charge on any atom is -0.497 e. The average molecular weight is 473 g/mol. The van der Waals surface area contributed by atoms with Gasteiger partial charge in [0.25, 0.3) is 5.91 Å². The number of carbonyl (C=O) groups is 1. The van der Waals surface area contributed by atoms with Gasteiger partial charge in [-0.3, -0.25) is 4.79 Å². The lowest BCUT2D eigenvalue weighted by atomic mass is 9.86. The molecule has 0 unspecified atom stereocenters. The molecule has 2 fully saturated rings. The van der Waals surface area contributed by atoms with E-state index in [2.05, 4.69) is 20.8 Å². The Labute approximate surface area is 196 Å². The molecule has 1 amide bonds. The Bertz CT molecular complexity index is 1100. The second-order valence-corrected chi connectivity index (χ2v) is 11.5. The third-order valence-corrected chi connectivity index (χ3v) is 8.56. The SMILES string of the molecule is COc1ccc(S(=O)(=O)N2CCOC23CCN(C(=O)c2ccc(C(C)(C)C)cc2)CC3)cc1. The fraction of sp³-hybridized carbons (Fsp3) is 0.480. The highest BCUT2D eigenvalue weighted by molar-refractivity contribution is 7.89. The van der Waals surface area contributed by atoms with Crippen molar-refractivity contribution in [3.63, 3.8) is 0 Å². The van der Waals surface area contributed by atoms with E-state index < -0.39 is 15.7 Å². The maximum Gasteiger partial charge on any atom is 0.253 e. The summed E-state index contributed by atoms with van der Waals surface area (Å²) in [6, 6.07) is 14.1. The van der Waals surface area contributed by atoms with Gasteiger partial charge in [0.2, 0.25) is 10.0 Å². The minimum atomic E-state index is -3.73. The molecular weight excluding hydrogens is 440 g/mol. The Balaban J connectivity index is 1.47. The molecule has 0 radical (unpaired) electrons. The molecule has 0 aromatic heterocycles. The monoisotopic (exact) mass is 472 g/mol. The van der Waals surface area contributed by atoms with Gasteiger partial charge < -0.3 is 14.4 Å². The van der Waals surface area contributed by atoms with Gasteiger partial charge in [0.1, 0.15) is 11.5 Å². The molecule has 178 valence electrons. The van der Waals surface area contributed by atoms with Gasteiger partial charge in [-0.2, -0.15) is 4.31 Å². The summed E-state index contributed by atoms with van der Waals surface area (Å²) in [6.45, 7) is 7.95. The third-order valence-electron chi connectivity index (χ3n) is 6.60. The van der Waals surface area contributed by atoms with Crippen LogP contribution in [0.25, 0.3) is 0 Å². The zero-order valence-electron chi connectivity index (χ0n) is 19.7. The van der Waals surface area contributed by atoms with Crippen LogP contribution in [-0.4, -0.2) is 62.6 Å².